The molecule has 1 aliphatic rings. The third kappa shape index (κ3) is 3.18. The second-order valence-corrected chi connectivity index (χ2v) is 6.53. The summed E-state index contributed by atoms with van der Waals surface area (Å²) in [6.45, 7) is 2.28. The van der Waals surface area contributed by atoms with Gasteiger partial charge in [0.1, 0.15) is 11.5 Å². The van der Waals surface area contributed by atoms with E-state index in [0.29, 0.717) is 29.1 Å². The first-order chi connectivity index (χ1) is 12.4. The molecule has 2 N–H and O–H groups in total. The van der Waals surface area contributed by atoms with Crippen molar-refractivity contribution in [3.05, 3.63) is 70.3 Å². The number of Topliss-reactive ketones (excluding diaryl/α,β-unsaturated/α-hetero) is 1. The van der Waals surface area contributed by atoms with E-state index < -0.39 is 17.7 Å². The van der Waals surface area contributed by atoms with Gasteiger partial charge in [0.25, 0.3) is 11.7 Å². The van der Waals surface area contributed by atoms with Crippen LogP contribution >= 0.6 is 11.6 Å². The summed E-state index contributed by atoms with van der Waals surface area (Å²) in [7, 11) is 0. The highest BCUT2D eigenvalue weighted by Gasteiger charge is 2.45. The molecule has 1 saturated heterocycles. The molecule has 2 aromatic carbocycles. The number of phenolic OH excluding ortho intramolecular Hbond substituents is 1. The van der Waals surface area contributed by atoms with Crippen molar-refractivity contribution in [1.29, 1.82) is 0 Å². The van der Waals surface area contributed by atoms with Crippen molar-refractivity contribution in [2.45, 2.75) is 19.4 Å². The minimum absolute atomic E-state index is 0.0245. The monoisotopic (exact) mass is 371 g/mol. The second-order valence-electron chi connectivity index (χ2n) is 6.09. The number of ketones is 1. The Balaban J connectivity index is 2.19. The Kier molecular flexibility index (Phi) is 5.00. The Morgan fingerprint density at radius 3 is 2.46 bits per heavy atom. The molecule has 1 aliphatic heterocycles. The third-order valence-corrected chi connectivity index (χ3v) is 4.55. The fourth-order valence-corrected chi connectivity index (χ4v) is 3.34. The number of hydrogen-bond acceptors (Lipinski definition) is 4. The van der Waals surface area contributed by atoms with E-state index in [1.807, 2.05) is 6.92 Å². The van der Waals surface area contributed by atoms with Crippen LogP contribution in [0, 0.1) is 0 Å². The van der Waals surface area contributed by atoms with Crippen molar-refractivity contribution in [3.63, 3.8) is 0 Å². The number of phenols is 1. The topological polar surface area (TPSA) is 77.8 Å². The van der Waals surface area contributed by atoms with Gasteiger partial charge in [-0.2, -0.15) is 0 Å². The maximum atomic E-state index is 12.6. The minimum atomic E-state index is -0.728. The van der Waals surface area contributed by atoms with Crippen molar-refractivity contribution in [3.8, 4) is 5.75 Å². The Labute approximate surface area is 156 Å². The second kappa shape index (κ2) is 7.22. The van der Waals surface area contributed by atoms with Gasteiger partial charge in [0.05, 0.1) is 11.6 Å². The highest BCUT2D eigenvalue weighted by Crippen LogP contribution is 2.39. The number of hydrogen-bond donors (Lipinski definition) is 2. The zero-order valence-electron chi connectivity index (χ0n) is 14.1. The SMILES string of the molecule is CCCN1C(=O)C(=O)/C(=C(\O)c2cccc(Cl)c2)C1c1ccc(O)cc1. The zero-order valence-corrected chi connectivity index (χ0v) is 14.9. The standard InChI is InChI=1S/C20H18ClNO4/c1-2-10-22-17(12-6-8-15(23)9-7-12)16(19(25)20(22)26)18(24)13-4-3-5-14(21)11-13/h3-9,11,17,23-24H,2,10H2,1H3/b18-16-. The van der Waals surface area contributed by atoms with E-state index >= 15 is 0 Å². The maximum absolute atomic E-state index is 12.6. The Morgan fingerprint density at radius 2 is 1.85 bits per heavy atom. The van der Waals surface area contributed by atoms with Crippen LogP contribution in [0.4, 0.5) is 0 Å². The number of carbonyl (C=O) groups excluding carboxylic acids is 2. The molecule has 0 bridgehead atoms. The quantitative estimate of drug-likeness (QED) is 0.485. The van der Waals surface area contributed by atoms with Crippen molar-refractivity contribution in [1.82, 2.24) is 4.90 Å². The van der Waals surface area contributed by atoms with E-state index in [1.54, 1.807) is 30.3 Å². The first kappa shape index (κ1) is 18.0. The number of nitrogens with zero attached hydrogens (tertiary/aromatic N) is 1. The van der Waals surface area contributed by atoms with Gasteiger partial charge in [-0.15, -0.1) is 0 Å². The predicted octanol–water partition coefficient (Wildman–Crippen LogP) is 3.88. The highest BCUT2D eigenvalue weighted by molar-refractivity contribution is 6.46. The lowest BCUT2D eigenvalue weighted by molar-refractivity contribution is -0.139. The summed E-state index contributed by atoms with van der Waals surface area (Å²) in [6, 6.07) is 12.0. The fourth-order valence-electron chi connectivity index (χ4n) is 3.15. The summed E-state index contributed by atoms with van der Waals surface area (Å²) < 4.78 is 0. The van der Waals surface area contributed by atoms with Gasteiger partial charge in [0, 0.05) is 17.1 Å². The lowest BCUT2D eigenvalue weighted by atomic mass is 9.95. The average Bonchev–Trinajstić information content (AvgIpc) is 2.87. The van der Waals surface area contributed by atoms with Gasteiger partial charge in [-0.1, -0.05) is 42.8 Å². The van der Waals surface area contributed by atoms with Crippen LogP contribution in [-0.2, 0) is 9.59 Å². The Morgan fingerprint density at radius 1 is 1.15 bits per heavy atom. The van der Waals surface area contributed by atoms with Crippen LogP contribution < -0.4 is 0 Å². The van der Waals surface area contributed by atoms with Gasteiger partial charge in [-0.05, 0) is 36.2 Å². The average molecular weight is 372 g/mol. The molecule has 1 atom stereocenters. The first-order valence-corrected chi connectivity index (χ1v) is 8.65. The summed E-state index contributed by atoms with van der Waals surface area (Å²) in [5.41, 5.74) is 1.03. The van der Waals surface area contributed by atoms with Crippen molar-refractivity contribution in [2.24, 2.45) is 0 Å². The lowest BCUT2D eigenvalue weighted by Crippen LogP contribution is -2.30. The van der Waals surface area contributed by atoms with Crippen LogP contribution in [0.5, 0.6) is 5.75 Å². The number of amides is 1. The molecular weight excluding hydrogens is 354 g/mol. The summed E-state index contributed by atoms with van der Waals surface area (Å²) in [5, 5.41) is 20.7. The predicted molar refractivity (Wildman–Crippen MR) is 98.9 cm³/mol. The van der Waals surface area contributed by atoms with Crippen molar-refractivity contribution in [2.75, 3.05) is 6.54 Å². The number of likely N-dealkylation sites (tertiary alicyclic amines) is 1. The van der Waals surface area contributed by atoms with E-state index in [2.05, 4.69) is 0 Å². The summed E-state index contributed by atoms with van der Waals surface area (Å²) in [5.74, 6) is -1.55. The molecule has 1 unspecified atom stereocenters. The molecule has 6 heteroatoms. The molecular formula is C20H18ClNO4. The molecule has 0 spiro atoms. The number of rotatable bonds is 4. The molecule has 0 radical (unpaired) electrons. The minimum Gasteiger partial charge on any atom is -0.508 e. The number of aliphatic hydroxyl groups excluding tert-OH is 1. The van der Waals surface area contributed by atoms with Gasteiger partial charge in [-0.3, -0.25) is 9.59 Å². The van der Waals surface area contributed by atoms with Crippen LogP contribution in [-0.4, -0.2) is 33.3 Å². The maximum Gasteiger partial charge on any atom is 0.295 e. The summed E-state index contributed by atoms with van der Waals surface area (Å²) in [6.07, 6.45) is 0.665. The Bertz CT molecular complexity index is 889. The van der Waals surface area contributed by atoms with Gasteiger partial charge in [0.2, 0.25) is 0 Å². The number of aliphatic hydroxyl groups is 1. The lowest BCUT2D eigenvalue weighted by Gasteiger charge is -2.24. The van der Waals surface area contributed by atoms with Crippen LogP contribution in [0.2, 0.25) is 5.02 Å². The molecule has 0 saturated carbocycles. The van der Waals surface area contributed by atoms with E-state index in [4.69, 9.17) is 11.6 Å². The normalized spacial score (nSPS) is 19.2. The molecule has 3 rings (SSSR count). The largest absolute Gasteiger partial charge is 0.508 e. The number of carbonyl (C=O) groups is 2. The molecule has 1 heterocycles. The van der Waals surface area contributed by atoms with E-state index in [-0.39, 0.29) is 17.1 Å². The van der Waals surface area contributed by atoms with Gasteiger partial charge in [-0.25, -0.2) is 0 Å². The molecule has 1 fully saturated rings. The summed E-state index contributed by atoms with van der Waals surface area (Å²) in [4.78, 5) is 26.6. The molecule has 2 aromatic rings. The number of halogens is 1. The zero-order chi connectivity index (χ0) is 18.8. The number of aromatic hydroxyl groups is 1. The molecule has 0 aromatic heterocycles. The van der Waals surface area contributed by atoms with Crippen LogP contribution in [0.15, 0.2) is 54.1 Å². The fraction of sp³-hybridized carbons (Fsp3) is 0.200. The van der Waals surface area contributed by atoms with E-state index in [9.17, 15) is 19.8 Å². The van der Waals surface area contributed by atoms with Crippen LogP contribution in [0.1, 0.15) is 30.5 Å². The summed E-state index contributed by atoms with van der Waals surface area (Å²) >= 11 is 5.99. The van der Waals surface area contributed by atoms with Crippen LogP contribution in [0.3, 0.4) is 0 Å². The molecule has 134 valence electrons. The highest BCUT2D eigenvalue weighted by atomic mass is 35.5. The molecule has 0 aliphatic carbocycles. The third-order valence-electron chi connectivity index (χ3n) is 4.31. The van der Waals surface area contributed by atoms with Crippen molar-refractivity contribution < 1.29 is 19.8 Å². The molecule has 1 amide bonds. The van der Waals surface area contributed by atoms with Crippen molar-refractivity contribution >= 4 is 29.1 Å². The molecule has 5 nitrogen and oxygen atoms in total. The van der Waals surface area contributed by atoms with Gasteiger partial charge >= 0.3 is 0 Å². The molecule has 26 heavy (non-hydrogen) atoms. The van der Waals surface area contributed by atoms with Gasteiger partial charge in [0.15, 0.2) is 0 Å². The smallest absolute Gasteiger partial charge is 0.295 e. The Hall–Kier alpha value is -2.79. The first-order valence-electron chi connectivity index (χ1n) is 8.27. The number of benzene rings is 2. The van der Waals surface area contributed by atoms with E-state index in [0.717, 1.165) is 0 Å². The van der Waals surface area contributed by atoms with Crippen LogP contribution in [0.25, 0.3) is 5.76 Å². The van der Waals surface area contributed by atoms with Gasteiger partial charge < -0.3 is 15.1 Å². The van der Waals surface area contributed by atoms with E-state index in [1.165, 1.54) is 23.1 Å².